The monoisotopic (exact) mass is 464 g/mol. The Morgan fingerprint density at radius 1 is 1.00 bits per heavy atom. The predicted octanol–water partition coefficient (Wildman–Crippen LogP) is 3.22. The third kappa shape index (κ3) is 6.47. The lowest BCUT2D eigenvalue weighted by Gasteiger charge is -2.45. The summed E-state index contributed by atoms with van der Waals surface area (Å²) in [5.74, 6) is -0.834. The highest BCUT2D eigenvalue weighted by atomic mass is 16.7. The minimum absolute atomic E-state index is 0.154. The van der Waals surface area contributed by atoms with Gasteiger partial charge in [-0.1, -0.05) is 58.8 Å². The number of nitrogens with one attached hydrogen (secondary N) is 2. The summed E-state index contributed by atoms with van der Waals surface area (Å²) in [5, 5.41) is 13.0. The summed E-state index contributed by atoms with van der Waals surface area (Å²) >= 11 is 0. The molecule has 0 aromatic heterocycles. The van der Waals surface area contributed by atoms with Gasteiger partial charge in [-0.05, 0) is 28.8 Å². The van der Waals surface area contributed by atoms with Gasteiger partial charge in [0.05, 0.1) is 31.3 Å². The number of hydrogen-bond donors (Lipinski definition) is 2. The van der Waals surface area contributed by atoms with Gasteiger partial charge in [-0.2, -0.15) is 0 Å². The molecule has 0 bridgehead atoms. The van der Waals surface area contributed by atoms with Crippen LogP contribution in [-0.4, -0.2) is 48.9 Å². The van der Waals surface area contributed by atoms with Crippen LogP contribution in [0.25, 0.3) is 20.9 Å². The number of carbonyl (C=O) groups excluding carboxylic acids is 2. The molecule has 1 aliphatic rings. The SMILES string of the molecule is CC(=O)N[C@H]1[C@H](OCc2ccccc2)O[C@H](CN=[N+]=[N-])[C@H](N=[N+]=[N-])[C@@H]1NC(=O)c1ccccc1. The first-order chi connectivity index (χ1) is 16.5. The van der Waals surface area contributed by atoms with E-state index in [2.05, 4.69) is 30.7 Å². The van der Waals surface area contributed by atoms with E-state index in [9.17, 15) is 15.1 Å². The van der Waals surface area contributed by atoms with E-state index < -0.39 is 42.3 Å². The van der Waals surface area contributed by atoms with E-state index in [1.807, 2.05) is 30.3 Å². The zero-order valence-corrected chi connectivity index (χ0v) is 18.4. The van der Waals surface area contributed by atoms with Gasteiger partial charge in [0, 0.05) is 22.3 Å². The molecule has 2 amide bonds. The van der Waals surface area contributed by atoms with Gasteiger partial charge < -0.3 is 20.1 Å². The quantitative estimate of drug-likeness (QED) is 0.329. The first kappa shape index (κ1) is 24.6. The van der Waals surface area contributed by atoms with Crippen LogP contribution in [0.2, 0.25) is 0 Å². The normalized spacial score (nSPS) is 23.6. The summed E-state index contributed by atoms with van der Waals surface area (Å²) in [7, 11) is 0. The molecule has 12 nitrogen and oxygen atoms in total. The summed E-state index contributed by atoms with van der Waals surface area (Å²) in [5.41, 5.74) is 19.2. The maximum Gasteiger partial charge on any atom is 0.251 e. The molecule has 34 heavy (non-hydrogen) atoms. The van der Waals surface area contributed by atoms with Crippen LogP contribution < -0.4 is 10.6 Å². The van der Waals surface area contributed by atoms with E-state index in [0.717, 1.165) is 5.56 Å². The van der Waals surface area contributed by atoms with Gasteiger partial charge >= 0.3 is 0 Å². The Bertz CT molecular complexity index is 1070. The highest BCUT2D eigenvalue weighted by Gasteiger charge is 2.47. The van der Waals surface area contributed by atoms with E-state index in [1.165, 1.54) is 6.92 Å². The van der Waals surface area contributed by atoms with Crippen molar-refractivity contribution >= 4 is 11.8 Å². The number of azide groups is 2. The highest BCUT2D eigenvalue weighted by Crippen LogP contribution is 2.26. The van der Waals surface area contributed by atoms with Crippen LogP contribution in [0.15, 0.2) is 70.9 Å². The second-order valence-corrected chi connectivity index (χ2v) is 7.54. The van der Waals surface area contributed by atoms with Crippen molar-refractivity contribution in [3.05, 3.63) is 92.7 Å². The molecule has 1 aliphatic heterocycles. The number of carbonyl (C=O) groups is 2. The Morgan fingerprint density at radius 3 is 2.29 bits per heavy atom. The number of nitrogens with zero attached hydrogens (tertiary/aromatic N) is 6. The van der Waals surface area contributed by atoms with Crippen LogP contribution in [0.1, 0.15) is 22.8 Å². The standard InChI is InChI=1S/C22H24N8O4/c1-14(31)26-20-19(27-21(32)16-10-6-3-7-11-16)18(28-30-24)17(12-25-29-23)34-22(20)33-13-15-8-4-2-5-9-15/h2-11,17-20,22H,12-13H2,1H3,(H,26,31)(H,27,32)/t17-,18+,19+,20-,22-/m1/s1. The van der Waals surface area contributed by atoms with Gasteiger partial charge in [-0.25, -0.2) is 0 Å². The molecule has 2 aromatic rings. The first-order valence-electron chi connectivity index (χ1n) is 10.5. The fraction of sp³-hybridized carbons (Fsp3) is 0.364. The van der Waals surface area contributed by atoms with Crippen molar-refractivity contribution in [1.82, 2.24) is 10.6 Å². The van der Waals surface area contributed by atoms with E-state index >= 15 is 0 Å². The molecule has 1 heterocycles. The number of benzene rings is 2. The molecule has 1 saturated heterocycles. The van der Waals surface area contributed by atoms with Crippen molar-refractivity contribution < 1.29 is 19.1 Å². The summed E-state index contributed by atoms with van der Waals surface area (Å²) < 4.78 is 12.0. The largest absolute Gasteiger partial charge is 0.347 e. The van der Waals surface area contributed by atoms with Gasteiger partial charge in [-0.3, -0.25) is 9.59 Å². The minimum Gasteiger partial charge on any atom is -0.347 e. The average molecular weight is 464 g/mol. The third-order valence-electron chi connectivity index (χ3n) is 5.21. The molecule has 0 aliphatic carbocycles. The van der Waals surface area contributed by atoms with E-state index in [1.54, 1.807) is 30.3 Å². The third-order valence-corrected chi connectivity index (χ3v) is 5.21. The molecule has 0 radical (unpaired) electrons. The molecule has 5 atom stereocenters. The fourth-order valence-corrected chi connectivity index (χ4v) is 3.71. The molecule has 2 aromatic carbocycles. The van der Waals surface area contributed by atoms with Crippen LogP contribution in [-0.2, 0) is 20.9 Å². The van der Waals surface area contributed by atoms with Crippen LogP contribution >= 0.6 is 0 Å². The number of amides is 2. The smallest absolute Gasteiger partial charge is 0.251 e. The topological polar surface area (TPSA) is 174 Å². The van der Waals surface area contributed by atoms with Crippen molar-refractivity contribution in [3.8, 4) is 0 Å². The van der Waals surface area contributed by atoms with Crippen LogP contribution in [0, 0.1) is 0 Å². The highest BCUT2D eigenvalue weighted by molar-refractivity contribution is 5.94. The molecule has 2 N–H and O–H groups in total. The Hall–Kier alpha value is -4.08. The second-order valence-electron chi connectivity index (χ2n) is 7.54. The lowest BCUT2D eigenvalue weighted by molar-refractivity contribution is -0.221. The Kier molecular flexibility index (Phi) is 8.84. The second kappa shape index (κ2) is 12.2. The lowest BCUT2D eigenvalue weighted by Crippen LogP contribution is -2.68. The summed E-state index contributed by atoms with van der Waals surface area (Å²) in [6.45, 7) is 1.30. The van der Waals surface area contributed by atoms with Crippen LogP contribution in [0.4, 0.5) is 0 Å². The van der Waals surface area contributed by atoms with Gasteiger partial charge in [0.1, 0.15) is 6.04 Å². The van der Waals surface area contributed by atoms with Crippen LogP contribution in [0.5, 0.6) is 0 Å². The molecule has 3 rings (SSSR count). The van der Waals surface area contributed by atoms with Gasteiger partial charge in [0.2, 0.25) is 5.91 Å². The van der Waals surface area contributed by atoms with E-state index in [4.69, 9.17) is 15.0 Å². The molecular formula is C22H24N8O4. The minimum atomic E-state index is -1.03. The Morgan fingerprint density at radius 2 is 1.68 bits per heavy atom. The molecule has 0 saturated carbocycles. The fourth-order valence-electron chi connectivity index (χ4n) is 3.71. The summed E-state index contributed by atoms with van der Waals surface area (Å²) in [6.07, 6.45) is -1.94. The molecule has 0 spiro atoms. The average Bonchev–Trinajstić information content (AvgIpc) is 2.85. The molecule has 176 valence electrons. The van der Waals surface area contributed by atoms with E-state index in [-0.39, 0.29) is 13.2 Å². The number of hydrogen-bond acceptors (Lipinski definition) is 6. The lowest BCUT2D eigenvalue weighted by atomic mass is 9.91. The molecule has 12 heteroatoms. The Labute approximate surface area is 195 Å². The van der Waals surface area contributed by atoms with Crippen molar-refractivity contribution in [2.75, 3.05) is 6.54 Å². The van der Waals surface area contributed by atoms with Crippen molar-refractivity contribution in [1.29, 1.82) is 0 Å². The van der Waals surface area contributed by atoms with Crippen molar-refractivity contribution in [2.45, 2.75) is 44.1 Å². The van der Waals surface area contributed by atoms with Crippen molar-refractivity contribution in [3.63, 3.8) is 0 Å². The zero-order chi connectivity index (χ0) is 24.3. The molecular weight excluding hydrogens is 440 g/mol. The van der Waals surface area contributed by atoms with Crippen molar-refractivity contribution in [2.24, 2.45) is 10.2 Å². The summed E-state index contributed by atoms with van der Waals surface area (Å²) in [4.78, 5) is 30.7. The predicted molar refractivity (Wildman–Crippen MR) is 122 cm³/mol. The molecule has 0 unspecified atom stereocenters. The first-order valence-corrected chi connectivity index (χ1v) is 10.5. The number of ether oxygens (including phenoxy) is 2. The van der Waals surface area contributed by atoms with Gasteiger partial charge in [-0.15, -0.1) is 0 Å². The zero-order valence-electron chi connectivity index (χ0n) is 18.4. The van der Waals surface area contributed by atoms with Crippen LogP contribution in [0.3, 0.4) is 0 Å². The Balaban J connectivity index is 1.95. The molecule has 1 fully saturated rings. The summed E-state index contributed by atoms with van der Waals surface area (Å²) in [6, 6.07) is 15.0. The maximum absolute atomic E-state index is 13.0. The van der Waals surface area contributed by atoms with Gasteiger partial charge in [0.25, 0.3) is 5.91 Å². The van der Waals surface area contributed by atoms with E-state index in [0.29, 0.717) is 5.56 Å². The van der Waals surface area contributed by atoms with Gasteiger partial charge in [0.15, 0.2) is 6.29 Å². The maximum atomic E-state index is 13.0. The number of rotatable bonds is 9.